The van der Waals surface area contributed by atoms with Gasteiger partial charge >= 0.3 is 11.7 Å². The highest BCUT2D eigenvalue weighted by molar-refractivity contribution is 5.87. The first-order valence-corrected chi connectivity index (χ1v) is 5.64. The van der Waals surface area contributed by atoms with Gasteiger partial charge in [-0.05, 0) is 30.3 Å². The molecule has 0 aliphatic heterocycles. The molecule has 0 saturated heterocycles. The molecule has 19 heavy (non-hydrogen) atoms. The van der Waals surface area contributed by atoms with Crippen LogP contribution in [0.3, 0.4) is 0 Å². The largest absolute Gasteiger partial charge is 0.492 e. The summed E-state index contributed by atoms with van der Waals surface area (Å²) in [5.74, 6) is -0.421. The van der Waals surface area contributed by atoms with Crippen molar-refractivity contribution in [2.24, 2.45) is 0 Å². The lowest BCUT2D eigenvalue weighted by Gasteiger charge is -2.07. The Morgan fingerprint density at radius 2 is 2.05 bits per heavy atom. The normalized spacial score (nSPS) is 10.1. The Hall–Kier alpha value is -2.63. The third-order valence-electron chi connectivity index (χ3n) is 2.48. The molecule has 6 nitrogen and oxygen atoms in total. The molecule has 0 radical (unpaired) electrons. The number of rotatable bonds is 5. The van der Waals surface area contributed by atoms with Crippen LogP contribution in [0.2, 0.25) is 0 Å². The van der Waals surface area contributed by atoms with E-state index in [1.165, 1.54) is 22.9 Å². The van der Waals surface area contributed by atoms with E-state index in [1.807, 2.05) is 0 Å². The number of carboxylic acids is 1. The van der Waals surface area contributed by atoms with Gasteiger partial charge in [-0.15, -0.1) is 0 Å². The molecule has 6 heteroatoms. The second-order valence-electron chi connectivity index (χ2n) is 3.77. The number of hydrogen-bond acceptors (Lipinski definition) is 4. The molecule has 2 rings (SSSR count). The van der Waals surface area contributed by atoms with Crippen LogP contribution in [0.25, 0.3) is 0 Å². The molecule has 1 N–H and O–H groups in total. The summed E-state index contributed by atoms with van der Waals surface area (Å²) in [7, 11) is 0. The maximum absolute atomic E-state index is 11.3. The lowest BCUT2D eigenvalue weighted by Crippen LogP contribution is -2.24. The van der Waals surface area contributed by atoms with E-state index in [0.717, 1.165) is 0 Å². The van der Waals surface area contributed by atoms with Crippen LogP contribution < -0.4 is 10.4 Å². The third kappa shape index (κ3) is 3.41. The molecule has 0 amide bonds. The summed E-state index contributed by atoms with van der Waals surface area (Å²) in [5, 5.41) is 8.75. The summed E-state index contributed by atoms with van der Waals surface area (Å²) in [5.41, 5.74) is -0.122. The van der Waals surface area contributed by atoms with Crippen molar-refractivity contribution in [3.8, 4) is 5.75 Å². The fourth-order valence-electron chi connectivity index (χ4n) is 1.51. The number of aromatic nitrogens is 2. The molecule has 1 heterocycles. The number of carboxylic acid groups (broad SMARTS) is 1. The maximum Gasteiger partial charge on any atom is 0.347 e. The fourth-order valence-corrected chi connectivity index (χ4v) is 1.51. The molecule has 0 bridgehead atoms. The second-order valence-corrected chi connectivity index (χ2v) is 3.77. The van der Waals surface area contributed by atoms with E-state index in [9.17, 15) is 9.59 Å². The van der Waals surface area contributed by atoms with Crippen molar-refractivity contribution in [1.82, 2.24) is 9.55 Å². The van der Waals surface area contributed by atoms with Gasteiger partial charge in [-0.1, -0.05) is 0 Å². The van der Waals surface area contributed by atoms with Gasteiger partial charge in [0, 0.05) is 12.4 Å². The Kier molecular flexibility index (Phi) is 3.92. The highest BCUT2D eigenvalue weighted by Gasteiger charge is 2.02. The second kappa shape index (κ2) is 5.81. The molecule has 0 saturated carbocycles. The molecular formula is C13H12N2O4. The minimum atomic E-state index is -0.978. The molecule has 1 aromatic heterocycles. The lowest BCUT2D eigenvalue weighted by atomic mass is 10.2. The van der Waals surface area contributed by atoms with E-state index in [4.69, 9.17) is 9.84 Å². The van der Waals surface area contributed by atoms with Crippen LogP contribution in [0.4, 0.5) is 0 Å². The van der Waals surface area contributed by atoms with Crippen LogP contribution >= 0.6 is 0 Å². The third-order valence-corrected chi connectivity index (χ3v) is 2.48. The predicted octanol–water partition coefficient (Wildman–Crippen LogP) is 1.02. The van der Waals surface area contributed by atoms with Gasteiger partial charge in [-0.3, -0.25) is 4.57 Å². The smallest absolute Gasteiger partial charge is 0.347 e. The van der Waals surface area contributed by atoms with E-state index in [-0.39, 0.29) is 11.3 Å². The Labute approximate surface area is 108 Å². The van der Waals surface area contributed by atoms with E-state index in [0.29, 0.717) is 18.9 Å². The first-order chi connectivity index (χ1) is 9.16. The Bertz CT molecular complexity index is 619. The van der Waals surface area contributed by atoms with Crippen LogP contribution in [0.5, 0.6) is 5.75 Å². The van der Waals surface area contributed by atoms with Crippen LogP contribution in [0.15, 0.2) is 47.5 Å². The summed E-state index contributed by atoms with van der Waals surface area (Å²) >= 11 is 0. The van der Waals surface area contributed by atoms with Gasteiger partial charge in [0.1, 0.15) is 12.4 Å². The minimum Gasteiger partial charge on any atom is -0.492 e. The average Bonchev–Trinajstić information content (AvgIpc) is 2.41. The zero-order chi connectivity index (χ0) is 13.7. The predicted molar refractivity (Wildman–Crippen MR) is 67.4 cm³/mol. The first kappa shape index (κ1) is 12.8. The zero-order valence-electron chi connectivity index (χ0n) is 10.0. The SMILES string of the molecule is O=C(O)c1ccc(OCCn2cccnc2=O)cc1. The summed E-state index contributed by atoms with van der Waals surface area (Å²) in [4.78, 5) is 25.6. The molecule has 1 aromatic carbocycles. The first-order valence-electron chi connectivity index (χ1n) is 5.64. The molecular weight excluding hydrogens is 248 g/mol. The molecule has 0 aliphatic carbocycles. The van der Waals surface area contributed by atoms with Gasteiger partial charge in [0.15, 0.2) is 0 Å². The molecule has 0 unspecified atom stereocenters. The van der Waals surface area contributed by atoms with Crippen LogP contribution in [-0.4, -0.2) is 27.2 Å². The molecule has 98 valence electrons. The van der Waals surface area contributed by atoms with Gasteiger partial charge in [0.2, 0.25) is 0 Å². The summed E-state index contributed by atoms with van der Waals surface area (Å²) in [6.07, 6.45) is 3.07. The van der Waals surface area contributed by atoms with Crippen molar-refractivity contribution in [2.45, 2.75) is 6.54 Å². The molecule has 0 fully saturated rings. The van der Waals surface area contributed by atoms with Crippen molar-refractivity contribution >= 4 is 5.97 Å². The fraction of sp³-hybridized carbons (Fsp3) is 0.154. The summed E-state index contributed by atoms with van der Waals surface area (Å²) in [6.45, 7) is 0.686. The zero-order valence-corrected chi connectivity index (χ0v) is 10.0. The summed E-state index contributed by atoms with van der Waals surface area (Å²) < 4.78 is 6.86. The number of benzene rings is 1. The Morgan fingerprint density at radius 1 is 1.32 bits per heavy atom. The monoisotopic (exact) mass is 260 g/mol. The molecule has 2 aromatic rings. The van der Waals surface area contributed by atoms with Gasteiger partial charge in [-0.2, -0.15) is 0 Å². The number of carbonyl (C=O) groups is 1. The van der Waals surface area contributed by atoms with Gasteiger partial charge in [0.05, 0.1) is 12.1 Å². The van der Waals surface area contributed by atoms with Crippen LogP contribution in [0.1, 0.15) is 10.4 Å². The van der Waals surface area contributed by atoms with Crippen LogP contribution in [-0.2, 0) is 6.54 Å². The molecule has 0 spiro atoms. The molecule has 0 aliphatic rings. The highest BCUT2D eigenvalue weighted by Crippen LogP contribution is 2.11. The van der Waals surface area contributed by atoms with Crippen molar-refractivity contribution in [2.75, 3.05) is 6.61 Å². The highest BCUT2D eigenvalue weighted by atomic mass is 16.5. The van der Waals surface area contributed by atoms with E-state index >= 15 is 0 Å². The standard InChI is InChI=1S/C13H12N2O4/c16-12(17)10-2-4-11(5-3-10)19-9-8-15-7-1-6-14-13(15)18/h1-7H,8-9H2,(H,16,17). The Balaban J connectivity index is 1.91. The van der Waals surface area contributed by atoms with Crippen molar-refractivity contribution in [1.29, 1.82) is 0 Å². The quantitative estimate of drug-likeness (QED) is 0.868. The lowest BCUT2D eigenvalue weighted by molar-refractivity contribution is 0.0697. The average molecular weight is 260 g/mol. The van der Waals surface area contributed by atoms with Crippen molar-refractivity contribution < 1.29 is 14.6 Å². The van der Waals surface area contributed by atoms with Gasteiger partial charge in [-0.25, -0.2) is 14.6 Å². The van der Waals surface area contributed by atoms with E-state index < -0.39 is 5.97 Å². The number of nitrogens with zero attached hydrogens (tertiary/aromatic N) is 2. The minimum absolute atomic E-state index is 0.204. The number of hydrogen-bond donors (Lipinski definition) is 1. The van der Waals surface area contributed by atoms with Crippen molar-refractivity contribution in [3.63, 3.8) is 0 Å². The Morgan fingerprint density at radius 3 is 2.68 bits per heavy atom. The molecule has 0 atom stereocenters. The van der Waals surface area contributed by atoms with E-state index in [2.05, 4.69) is 4.98 Å². The topological polar surface area (TPSA) is 81.4 Å². The van der Waals surface area contributed by atoms with Gasteiger partial charge < -0.3 is 9.84 Å². The number of ether oxygens (including phenoxy) is 1. The van der Waals surface area contributed by atoms with Gasteiger partial charge in [0.25, 0.3) is 0 Å². The number of aromatic carboxylic acids is 1. The van der Waals surface area contributed by atoms with Crippen molar-refractivity contribution in [3.05, 3.63) is 58.8 Å². The summed E-state index contributed by atoms with van der Waals surface area (Å²) in [6, 6.07) is 7.76. The van der Waals surface area contributed by atoms with E-state index in [1.54, 1.807) is 24.4 Å². The van der Waals surface area contributed by atoms with Crippen LogP contribution in [0, 0.1) is 0 Å². The maximum atomic E-state index is 11.3.